The molecule has 156 valence electrons. The number of rotatable bonds is 3. The number of aliphatic hydroxyl groups excluding tert-OH is 1. The highest BCUT2D eigenvalue weighted by Crippen LogP contribution is 2.53. The summed E-state index contributed by atoms with van der Waals surface area (Å²) in [5, 5.41) is 11.1. The Morgan fingerprint density at radius 1 is 1.20 bits per heavy atom. The molecule has 30 heavy (non-hydrogen) atoms. The molecule has 1 heterocycles. The largest absolute Gasteiger partial charge is 0.507 e. The molecule has 0 spiro atoms. The van der Waals surface area contributed by atoms with Crippen molar-refractivity contribution in [2.24, 2.45) is 0 Å². The van der Waals surface area contributed by atoms with E-state index in [9.17, 15) is 14.7 Å². The maximum Gasteiger partial charge on any atom is 0.198 e. The van der Waals surface area contributed by atoms with Crippen molar-refractivity contribution < 1.29 is 33.6 Å². The number of benzene rings is 1. The third kappa shape index (κ3) is 2.49. The first-order valence-electron chi connectivity index (χ1n) is 9.78. The Bertz CT molecular complexity index is 1100. The molecule has 1 aliphatic heterocycles. The van der Waals surface area contributed by atoms with Crippen LogP contribution in [0.5, 0.6) is 5.75 Å². The van der Waals surface area contributed by atoms with Gasteiger partial charge in [0.15, 0.2) is 24.1 Å². The molecule has 0 unspecified atom stereocenters. The Kier molecular flexibility index (Phi) is 3.93. The highest BCUT2D eigenvalue weighted by molar-refractivity contribution is 6.24. The maximum absolute atomic E-state index is 13.4. The van der Waals surface area contributed by atoms with E-state index in [0.29, 0.717) is 22.5 Å². The van der Waals surface area contributed by atoms with E-state index in [-0.39, 0.29) is 47.2 Å². The normalized spacial score (nSPS) is 28.8. The summed E-state index contributed by atoms with van der Waals surface area (Å²) >= 11 is 0. The van der Waals surface area contributed by atoms with E-state index in [1.165, 1.54) is 7.11 Å². The fourth-order valence-electron chi connectivity index (χ4n) is 4.96. The zero-order chi connectivity index (χ0) is 21.4. The number of carbonyl (C=O) groups is 2. The van der Waals surface area contributed by atoms with Crippen LogP contribution >= 0.6 is 0 Å². The summed E-state index contributed by atoms with van der Waals surface area (Å²) in [6.45, 7) is 5.41. The zero-order valence-electron chi connectivity index (χ0n) is 17.2. The van der Waals surface area contributed by atoms with Gasteiger partial charge in [-0.1, -0.05) is 12.1 Å². The molecule has 0 radical (unpaired) electrons. The van der Waals surface area contributed by atoms with Gasteiger partial charge in [-0.3, -0.25) is 9.59 Å². The molecule has 2 atom stereocenters. The molecule has 1 aromatic carbocycles. The number of carbonyl (C=O) groups excluding carboxylic acids is 2. The van der Waals surface area contributed by atoms with Gasteiger partial charge in [0.05, 0.1) is 5.56 Å². The van der Waals surface area contributed by atoms with Gasteiger partial charge < -0.3 is 24.1 Å². The molecule has 7 nitrogen and oxygen atoms in total. The number of hydrogen-bond acceptors (Lipinski definition) is 7. The van der Waals surface area contributed by atoms with E-state index in [1.54, 1.807) is 38.1 Å². The lowest BCUT2D eigenvalue weighted by atomic mass is 9.77. The Balaban J connectivity index is 1.69. The fourth-order valence-corrected chi connectivity index (χ4v) is 4.96. The van der Waals surface area contributed by atoms with Gasteiger partial charge >= 0.3 is 0 Å². The summed E-state index contributed by atoms with van der Waals surface area (Å²) in [6.07, 6.45) is 1.25. The second-order valence-electron chi connectivity index (χ2n) is 8.58. The summed E-state index contributed by atoms with van der Waals surface area (Å²) in [6, 6.07) is 4.97. The Labute approximate surface area is 173 Å². The summed E-state index contributed by atoms with van der Waals surface area (Å²) in [5.41, 5.74) is 1.21. The van der Waals surface area contributed by atoms with Crippen molar-refractivity contribution in [3.63, 3.8) is 0 Å². The molecule has 0 saturated carbocycles. The van der Waals surface area contributed by atoms with Crippen LogP contribution in [-0.4, -0.2) is 48.1 Å². The highest BCUT2D eigenvalue weighted by Gasteiger charge is 2.58. The van der Waals surface area contributed by atoms with Gasteiger partial charge in [-0.25, -0.2) is 0 Å². The minimum absolute atomic E-state index is 0.0337. The van der Waals surface area contributed by atoms with Crippen LogP contribution in [0.15, 0.2) is 46.6 Å². The zero-order valence-corrected chi connectivity index (χ0v) is 17.2. The number of hydrogen-bond donors (Lipinski definition) is 1. The Morgan fingerprint density at radius 3 is 2.70 bits per heavy atom. The first-order valence-corrected chi connectivity index (χ1v) is 9.78. The minimum Gasteiger partial charge on any atom is -0.507 e. The predicted octanol–water partition coefficient (Wildman–Crippen LogP) is 3.25. The number of aliphatic hydroxyl groups is 1. The molecule has 7 heteroatoms. The van der Waals surface area contributed by atoms with Gasteiger partial charge in [0.2, 0.25) is 0 Å². The molecule has 1 fully saturated rings. The third-order valence-corrected chi connectivity index (χ3v) is 5.94. The fraction of sp³-hybridized carbons (Fsp3) is 0.391. The second kappa shape index (κ2) is 6.14. The lowest BCUT2D eigenvalue weighted by Gasteiger charge is -2.33. The van der Waals surface area contributed by atoms with Gasteiger partial charge in [-0.2, -0.15) is 0 Å². The Hall–Kier alpha value is -2.74. The number of ether oxygens (including phenoxy) is 4. The average molecular weight is 410 g/mol. The lowest BCUT2D eigenvalue weighted by Crippen LogP contribution is -2.44. The maximum atomic E-state index is 13.4. The predicted molar refractivity (Wildman–Crippen MR) is 106 cm³/mol. The van der Waals surface area contributed by atoms with Crippen molar-refractivity contribution >= 4 is 17.3 Å². The summed E-state index contributed by atoms with van der Waals surface area (Å²) < 4.78 is 22.7. The number of allylic oxidation sites excluding steroid dienone is 3. The van der Waals surface area contributed by atoms with Crippen LogP contribution in [0.25, 0.3) is 5.76 Å². The van der Waals surface area contributed by atoms with Gasteiger partial charge in [-0.15, -0.1) is 0 Å². The van der Waals surface area contributed by atoms with Gasteiger partial charge in [-0.05, 0) is 38.5 Å². The molecular formula is C23H22O7. The standard InChI is InChI=1S/C23H22O7/c1-22(2)29-21-13-8-12-18(16(13)14(24)9-23(21,3)30-22)19(25)11-6-5-7-15(28-10-27-4)17(11)20(12)26/h5-8,21,25H,9-10H2,1-4H3/t21-,23+/m1/s1. The second-order valence-corrected chi connectivity index (χ2v) is 8.58. The van der Waals surface area contributed by atoms with E-state index in [1.807, 2.05) is 6.92 Å². The average Bonchev–Trinajstić information content (AvgIpc) is 3.19. The quantitative estimate of drug-likeness (QED) is 0.765. The monoisotopic (exact) mass is 410 g/mol. The van der Waals surface area contributed by atoms with Crippen molar-refractivity contribution in [1.82, 2.24) is 0 Å². The first kappa shape index (κ1) is 19.2. The van der Waals surface area contributed by atoms with Crippen LogP contribution < -0.4 is 4.74 Å². The third-order valence-electron chi connectivity index (χ3n) is 5.94. The lowest BCUT2D eigenvalue weighted by molar-refractivity contribution is -0.161. The first-order chi connectivity index (χ1) is 14.2. The van der Waals surface area contributed by atoms with Crippen molar-refractivity contribution in [3.8, 4) is 5.75 Å². The molecule has 3 aliphatic carbocycles. The summed E-state index contributed by atoms with van der Waals surface area (Å²) in [4.78, 5) is 26.6. The number of methoxy groups -OCH3 is 1. The van der Waals surface area contributed by atoms with Gasteiger partial charge in [0.25, 0.3) is 0 Å². The van der Waals surface area contributed by atoms with Crippen LogP contribution in [0.2, 0.25) is 0 Å². The number of Topliss-reactive ketones (excluding diaryl/α,β-unsaturated/α-hetero) is 2. The molecule has 1 N–H and O–H groups in total. The van der Waals surface area contributed by atoms with Crippen molar-refractivity contribution in [2.75, 3.05) is 13.9 Å². The molecule has 0 bridgehead atoms. The van der Waals surface area contributed by atoms with E-state index in [4.69, 9.17) is 18.9 Å². The van der Waals surface area contributed by atoms with Crippen LogP contribution in [0.1, 0.15) is 43.1 Å². The molecular weight excluding hydrogens is 388 g/mol. The molecule has 1 aromatic rings. The van der Waals surface area contributed by atoms with E-state index in [0.717, 1.165) is 0 Å². The SMILES string of the molecule is COCOc1cccc2c1C(=O)C1=CC3=C(C(=O)C[C@]4(C)OC(C)(C)O[C@H]34)C1=C2O. The Morgan fingerprint density at radius 2 is 1.97 bits per heavy atom. The van der Waals surface area contributed by atoms with Gasteiger partial charge in [0.1, 0.15) is 23.2 Å². The summed E-state index contributed by atoms with van der Waals surface area (Å²) in [5.74, 6) is -1.15. The van der Waals surface area contributed by atoms with Crippen molar-refractivity contribution in [2.45, 2.75) is 44.7 Å². The molecule has 0 amide bonds. The summed E-state index contributed by atoms with van der Waals surface area (Å²) in [7, 11) is 1.48. The van der Waals surface area contributed by atoms with E-state index >= 15 is 0 Å². The van der Waals surface area contributed by atoms with E-state index in [2.05, 4.69) is 0 Å². The number of fused-ring (bicyclic) bond motifs is 5. The highest BCUT2D eigenvalue weighted by atomic mass is 16.8. The molecule has 1 saturated heterocycles. The molecule has 4 aliphatic rings. The van der Waals surface area contributed by atoms with Crippen LogP contribution in [0.3, 0.4) is 0 Å². The molecule has 5 rings (SSSR count). The van der Waals surface area contributed by atoms with Crippen molar-refractivity contribution in [1.29, 1.82) is 0 Å². The van der Waals surface area contributed by atoms with Crippen LogP contribution in [-0.2, 0) is 19.0 Å². The van der Waals surface area contributed by atoms with Gasteiger partial charge in [0, 0.05) is 35.8 Å². The van der Waals surface area contributed by atoms with Crippen molar-refractivity contribution in [3.05, 3.63) is 57.7 Å². The smallest absolute Gasteiger partial charge is 0.198 e. The number of ketones is 2. The topological polar surface area (TPSA) is 91.3 Å². The van der Waals surface area contributed by atoms with Crippen LogP contribution in [0.4, 0.5) is 0 Å². The van der Waals surface area contributed by atoms with Crippen LogP contribution in [0, 0.1) is 0 Å². The minimum atomic E-state index is -0.862. The van der Waals surface area contributed by atoms with E-state index < -0.39 is 17.5 Å². The molecule has 0 aromatic heterocycles.